The van der Waals surface area contributed by atoms with Gasteiger partial charge in [0.15, 0.2) is 0 Å². The summed E-state index contributed by atoms with van der Waals surface area (Å²) in [5.74, 6) is -0.532. The first-order valence-corrected chi connectivity index (χ1v) is 4.89. The van der Waals surface area contributed by atoms with Gasteiger partial charge in [-0.3, -0.25) is 4.79 Å². The second-order valence-corrected chi connectivity index (χ2v) is 4.60. The molecule has 4 heteroatoms. The zero-order valence-electron chi connectivity index (χ0n) is 9.37. The van der Waals surface area contributed by atoms with E-state index in [1.54, 1.807) is 13.8 Å². The van der Waals surface area contributed by atoms with Crippen molar-refractivity contribution < 1.29 is 15.0 Å². The summed E-state index contributed by atoms with van der Waals surface area (Å²) in [5, 5.41) is 20.9. The van der Waals surface area contributed by atoms with E-state index in [0.717, 1.165) is 0 Å². The molecule has 0 aromatic carbocycles. The number of hydrogen-bond donors (Lipinski definition) is 3. The van der Waals surface area contributed by atoms with Crippen molar-refractivity contribution >= 4 is 5.97 Å². The number of aliphatic hydroxyl groups is 1. The molecule has 3 N–H and O–H groups in total. The molecule has 0 unspecified atom stereocenters. The highest BCUT2D eigenvalue weighted by atomic mass is 16.4. The standard InChI is InChI=1S/C10H21NO3/c1-7(2)8(5-12)11-6-10(3,4)9(13)14/h7-8,11-12H,5-6H2,1-4H3,(H,13,14)/t8-/m1/s1. The summed E-state index contributed by atoms with van der Waals surface area (Å²) >= 11 is 0. The maximum atomic E-state index is 10.8. The highest BCUT2D eigenvalue weighted by molar-refractivity contribution is 5.73. The number of nitrogens with one attached hydrogen (secondary N) is 1. The fraction of sp³-hybridized carbons (Fsp3) is 0.900. The van der Waals surface area contributed by atoms with Gasteiger partial charge < -0.3 is 15.5 Å². The summed E-state index contributed by atoms with van der Waals surface area (Å²) in [6, 6.07) is -0.0337. The maximum Gasteiger partial charge on any atom is 0.310 e. The van der Waals surface area contributed by atoms with Gasteiger partial charge in [0.25, 0.3) is 0 Å². The molecule has 0 aliphatic rings. The number of aliphatic hydroxyl groups excluding tert-OH is 1. The Morgan fingerprint density at radius 1 is 1.43 bits per heavy atom. The zero-order chi connectivity index (χ0) is 11.4. The van der Waals surface area contributed by atoms with Crippen LogP contribution in [-0.2, 0) is 4.79 Å². The topological polar surface area (TPSA) is 69.6 Å². The van der Waals surface area contributed by atoms with E-state index in [4.69, 9.17) is 10.2 Å². The molecule has 0 saturated carbocycles. The van der Waals surface area contributed by atoms with E-state index in [1.165, 1.54) is 0 Å². The molecule has 0 saturated heterocycles. The number of rotatable bonds is 6. The third-order valence-corrected chi connectivity index (χ3v) is 2.39. The van der Waals surface area contributed by atoms with Gasteiger partial charge in [-0.2, -0.15) is 0 Å². The Morgan fingerprint density at radius 3 is 2.21 bits per heavy atom. The van der Waals surface area contributed by atoms with Crippen molar-refractivity contribution in [1.29, 1.82) is 0 Å². The second-order valence-electron chi connectivity index (χ2n) is 4.60. The number of carbonyl (C=O) groups is 1. The first-order valence-electron chi connectivity index (χ1n) is 4.89. The third-order valence-electron chi connectivity index (χ3n) is 2.39. The summed E-state index contributed by atoms with van der Waals surface area (Å²) in [6.07, 6.45) is 0. The normalized spacial score (nSPS) is 14.4. The molecule has 1 atom stereocenters. The van der Waals surface area contributed by atoms with Crippen molar-refractivity contribution in [3.8, 4) is 0 Å². The molecule has 0 radical (unpaired) electrons. The van der Waals surface area contributed by atoms with Crippen molar-refractivity contribution in [2.24, 2.45) is 11.3 Å². The Labute approximate surface area is 85.3 Å². The van der Waals surface area contributed by atoms with Gasteiger partial charge in [-0.15, -0.1) is 0 Å². The monoisotopic (exact) mass is 203 g/mol. The van der Waals surface area contributed by atoms with Gasteiger partial charge in [-0.1, -0.05) is 13.8 Å². The molecule has 0 aliphatic carbocycles. The molecule has 0 spiro atoms. The molecule has 0 aliphatic heterocycles. The Bertz CT molecular complexity index is 190. The Balaban J connectivity index is 4.09. The van der Waals surface area contributed by atoms with Crippen molar-refractivity contribution in [3.05, 3.63) is 0 Å². The summed E-state index contributed by atoms with van der Waals surface area (Å²) in [4.78, 5) is 10.8. The molecule has 0 aromatic rings. The molecular weight excluding hydrogens is 182 g/mol. The smallest absolute Gasteiger partial charge is 0.310 e. The van der Waals surface area contributed by atoms with Crippen LogP contribution in [-0.4, -0.2) is 35.4 Å². The Hall–Kier alpha value is -0.610. The fourth-order valence-corrected chi connectivity index (χ4v) is 0.973. The minimum absolute atomic E-state index is 0.0337. The molecule has 4 nitrogen and oxygen atoms in total. The zero-order valence-corrected chi connectivity index (χ0v) is 9.37. The van der Waals surface area contributed by atoms with Crippen LogP contribution in [0.15, 0.2) is 0 Å². The van der Waals surface area contributed by atoms with Crippen molar-refractivity contribution in [3.63, 3.8) is 0 Å². The minimum Gasteiger partial charge on any atom is -0.481 e. The van der Waals surface area contributed by atoms with Gasteiger partial charge in [0.05, 0.1) is 12.0 Å². The van der Waals surface area contributed by atoms with E-state index in [-0.39, 0.29) is 12.6 Å². The first kappa shape index (κ1) is 13.4. The van der Waals surface area contributed by atoms with Crippen LogP contribution < -0.4 is 5.32 Å². The van der Waals surface area contributed by atoms with Gasteiger partial charge in [0.2, 0.25) is 0 Å². The van der Waals surface area contributed by atoms with Crippen LogP contribution in [0.5, 0.6) is 0 Å². The lowest BCUT2D eigenvalue weighted by molar-refractivity contribution is -0.146. The van der Waals surface area contributed by atoms with E-state index < -0.39 is 11.4 Å². The largest absolute Gasteiger partial charge is 0.481 e. The lowest BCUT2D eigenvalue weighted by Gasteiger charge is -2.26. The van der Waals surface area contributed by atoms with Crippen molar-refractivity contribution in [2.75, 3.05) is 13.2 Å². The third kappa shape index (κ3) is 4.07. The summed E-state index contributed by atoms with van der Waals surface area (Å²) in [7, 11) is 0. The van der Waals surface area contributed by atoms with Crippen LogP contribution in [0.2, 0.25) is 0 Å². The summed E-state index contributed by atoms with van der Waals surface area (Å²) in [6.45, 7) is 7.70. The molecule has 0 bridgehead atoms. The number of hydrogen-bond acceptors (Lipinski definition) is 3. The predicted octanol–water partition coefficient (Wildman–Crippen LogP) is 0.704. The first-order chi connectivity index (χ1) is 6.31. The van der Waals surface area contributed by atoms with Gasteiger partial charge in [0, 0.05) is 12.6 Å². The van der Waals surface area contributed by atoms with Crippen LogP contribution in [0.3, 0.4) is 0 Å². The Kier molecular flexibility index (Phi) is 5.08. The van der Waals surface area contributed by atoms with Gasteiger partial charge >= 0.3 is 5.97 Å². The van der Waals surface area contributed by atoms with Gasteiger partial charge in [-0.25, -0.2) is 0 Å². The van der Waals surface area contributed by atoms with Gasteiger partial charge in [0.1, 0.15) is 0 Å². The lowest BCUT2D eigenvalue weighted by atomic mass is 9.92. The average molecular weight is 203 g/mol. The second kappa shape index (κ2) is 5.32. The minimum atomic E-state index is -0.828. The molecule has 0 aromatic heterocycles. The van der Waals surface area contributed by atoms with E-state index in [0.29, 0.717) is 12.5 Å². The molecule has 0 heterocycles. The van der Waals surface area contributed by atoms with Crippen LogP contribution in [0.1, 0.15) is 27.7 Å². The maximum absolute atomic E-state index is 10.8. The highest BCUT2D eigenvalue weighted by Crippen LogP contribution is 2.14. The van der Waals surface area contributed by atoms with E-state index in [2.05, 4.69) is 5.32 Å². The molecule has 0 fully saturated rings. The van der Waals surface area contributed by atoms with Crippen molar-refractivity contribution in [1.82, 2.24) is 5.32 Å². The summed E-state index contributed by atoms with van der Waals surface area (Å²) in [5.41, 5.74) is -0.789. The molecule has 84 valence electrons. The Morgan fingerprint density at radius 2 is 1.93 bits per heavy atom. The summed E-state index contributed by atoms with van der Waals surface area (Å²) < 4.78 is 0. The number of carboxylic acids is 1. The van der Waals surface area contributed by atoms with Crippen LogP contribution in [0, 0.1) is 11.3 Å². The molecule has 14 heavy (non-hydrogen) atoms. The number of carboxylic acid groups (broad SMARTS) is 1. The van der Waals surface area contributed by atoms with Crippen LogP contribution >= 0.6 is 0 Å². The SMILES string of the molecule is CC(C)[C@@H](CO)NCC(C)(C)C(=O)O. The predicted molar refractivity (Wildman–Crippen MR) is 55.1 cm³/mol. The number of aliphatic carboxylic acids is 1. The van der Waals surface area contributed by atoms with Crippen LogP contribution in [0.4, 0.5) is 0 Å². The molecule has 0 amide bonds. The van der Waals surface area contributed by atoms with Crippen LogP contribution in [0.25, 0.3) is 0 Å². The molecular formula is C10H21NO3. The van der Waals surface area contributed by atoms with E-state index >= 15 is 0 Å². The van der Waals surface area contributed by atoms with Crippen molar-refractivity contribution in [2.45, 2.75) is 33.7 Å². The highest BCUT2D eigenvalue weighted by Gasteiger charge is 2.28. The molecule has 0 rings (SSSR count). The quantitative estimate of drug-likeness (QED) is 0.594. The van der Waals surface area contributed by atoms with Gasteiger partial charge in [-0.05, 0) is 19.8 Å². The lowest BCUT2D eigenvalue weighted by Crippen LogP contribution is -2.44. The average Bonchev–Trinajstić information content (AvgIpc) is 2.04. The van der Waals surface area contributed by atoms with E-state index in [1.807, 2.05) is 13.8 Å². The fourth-order valence-electron chi connectivity index (χ4n) is 0.973. The van der Waals surface area contributed by atoms with E-state index in [9.17, 15) is 4.79 Å².